The lowest BCUT2D eigenvalue weighted by Gasteiger charge is -2.29. The summed E-state index contributed by atoms with van der Waals surface area (Å²) in [5.41, 5.74) is 2.82. The zero-order valence-electron chi connectivity index (χ0n) is 16.2. The van der Waals surface area contributed by atoms with Gasteiger partial charge in [-0.1, -0.05) is 32.9 Å². The largest absolute Gasteiger partial charge is 0.340 e. The Balaban J connectivity index is 1.82. The third-order valence-corrected chi connectivity index (χ3v) is 5.04. The zero-order chi connectivity index (χ0) is 19.2. The van der Waals surface area contributed by atoms with Crippen LogP contribution in [0, 0.1) is 5.82 Å². The fraction of sp³-hybridized carbons (Fsp3) is 0.364. The van der Waals surface area contributed by atoms with Crippen molar-refractivity contribution >= 4 is 22.4 Å². The van der Waals surface area contributed by atoms with E-state index in [4.69, 9.17) is 0 Å². The molecule has 0 unspecified atom stereocenters. The van der Waals surface area contributed by atoms with Crippen molar-refractivity contribution in [1.82, 2.24) is 14.9 Å². The van der Waals surface area contributed by atoms with Crippen molar-refractivity contribution in [3.05, 3.63) is 60.2 Å². The van der Waals surface area contributed by atoms with E-state index in [1.165, 1.54) is 24.0 Å². The molecule has 0 spiro atoms. The summed E-state index contributed by atoms with van der Waals surface area (Å²) in [5, 5.41) is 4.17. The number of fused-ring (bicyclic) bond motifs is 1. The first-order valence-corrected chi connectivity index (χ1v) is 9.64. The van der Waals surface area contributed by atoms with E-state index in [0.717, 1.165) is 37.0 Å². The third-order valence-electron chi connectivity index (χ3n) is 5.04. The van der Waals surface area contributed by atoms with E-state index in [1.54, 1.807) is 6.07 Å². The maximum absolute atomic E-state index is 13.4. The molecule has 0 aliphatic heterocycles. The van der Waals surface area contributed by atoms with Crippen LogP contribution in [0.1, 0.15) is 39.2 Å². The molecule has 0 fully saturated rings. The zero-order valence-corrected chi connectivity index (χ0v) is 16.2. The summed E-state index contributed by atoms with van der Waals surface area (Å²) < 4.78 is 13.4. The number of benzene rings is 2. The van der Waals surface area contributed by atoms with Gasteiger partial charge in [-0.25, -0.2) is 14.4 Å². The van der Waals surface area contributed by atoms with E-state index in [9.17, 15) is 4.39 Å². The molecule has 0 bridgehead atoms. The lowest BCUT2D eigenvalue weighted by atomic mass is 10.1. The number of hydrogen-bond acceptors (Lipinski definition) is 4. The highest BCUT2D eigenvalue weighted by Gasteiger charge is 2.14. The number of nitrogens with zero attached hydrogens (tertiary/aromatic N) is 3. The van der Waals surface area contributed by atoms with Crippen LogP contribution in [0.15, 0.2) is 48.8 Å². The van der Waals surface area contributed by atoms with Gasteiger partial charge in [0.15, 0.2) is 0 Å². The van der Waals surface area contributed by atoms with Crippen molar-refractivity contribution in [3.8, 4) is 0 Å². The Morgan fingerprint density at radius 2 is 1.85 bits per heavy atom. The maximum Gasteiger partial charge on any atom is 0.141 e. The van der Waals surface area contributed by atoms with Gasteiger partial charge in [0.2, 0.25) is 0 Å². The Kier molecular flexibility index (Phi) is 6.35. The molecule has 27 heavy (non-hydrogen) atoms. The van der Waals surface area contributed by atoms with E-state index in [0.29, 0.717) is 17.4 Å². The first-order chi connectivity index (χ1) is 13.1. The van der Waals surface area contributed by atoms with Gasteiger partial charge in [0.25, 0.3) is 0 Å². The smallest absolute Gasteiger partial charge is 0.141 e. The van der Waals surface area contributed by atoms with Gasteiger partial charge in [-0.3, -0.25) is 4.90 Å². The highest BCUT2D eigenvalue weighted by Crippen LogP contribution is 2.24. The standard InChI is InChI=1S/C22H27FN4/c1-4-19(5-2)27(6-3)14-16-8-7-9-18(12-16)26-22-20-11-10-17(23)13-21(20)24-15-25-22/h7-13,15,19H,4-6,14H2,1-3H3,(H,24,25,26). The molecular weight excluding hydrogens is 339 g/mol. The Labute approximate surface area is 160 Å². The summed E-state index contributed by atoms with van der Waals surface area (Å²) in [7, 11) is 0. The van der Waals surface area contributed by atoms with Gasteiger partial charge in [-0.15, -0.1) is 0 Å². The van der Waals surface area contributed by atoms with Gasteiger partial charge in [0.1, 0.15) is 18.0 Å². The molecule has 1 aromatic heterocycles. The normalized spacial score (nSPS) is 11.5. The topological polar surface area (TPSA) is 41.0 Å². The van der Waals surface area contributed by atoms with Gasteiger partial charge in [-0.05, 0) is 49.2 Å². The average Bonchev–Trinajstić information content (AvgIpc) is 2.68. The van der Waals surface area contributed by atoms with Gasteiger partial charge in [0.05, 0.1) is 5.52 Å². The molecule has 0 amide bonds. The highest BCUT2D eigenvalue weighted by molar-refractivity contribution is 5.90. The van der Waals surface area contributed by atoms with Crippen LogP contribution in [-0.2, 0) is 6.54 Å². The summed E-state index contributed by atoms with van der Waals surface area (Å²) in [6, 6.07) is 13.6. The lowest BCUT2D eigenvalue weighted by Crippen LogP contribution is -2.33. The van der Waals surface area contributed by atoms with E-state index in [1.807, 2.05) is 6.07 Å². The summed E-state index contributed by atoms with van der Waals surface area (Å²) in [5.74, 6) is 0.389. The van der Waals surface area contributed by atoms with Crippen molar-refractivity contribution in [2.45, 2.75) is 46.2 Å². The molecule has 1 heterocycles. The molecule has 3 rings (SSSR count). The Morgan fingerprint density at radius 3 is 2.59 bits per heavy atom. The quantitative estimate of drug-likeness (QED) is 0.570. The van der Waals surface area contributed by atoms with Crippen LogP contribution in [0.25, 0.3) is 10.9 Å². The predicted molar refractivity (Wildman–Crippen MR) is 110 cm³/mol. The number of aromatic nitrogens is 2. The van der Waals surface area contributed by atoms with Crippen LogP contribution in [0.4, 0.5) is 15.9 Å². The first-order valence-electron chi connectivity index (χ1n) is 9.64. The second kappa shape index (κ2) is 8.91. The van der Waals surface area contributed by atoms with Crippen LogP contribution in [-0.4, -0.2) is 27.5 Å². The SMILES string of the molecule is CCC(CC)N(CC)Cc1cccc(Nc2ncnc3cc(F)ccc23)c1. The Morgan fingerprint density at radius 1 is 1.04 bits per heavy atom. The first kappa shape index (κ1) is 19.2. The molecule has 4 nitrogen and oxygen atoms in total. The summed E-state index contributed by atoms with van der Waals surface area (Å²) >= 11 is 0. The lowest BCUT2D eigenvalue weighted by molar-refractivity contribution is 0.187. The Hall–Kier alpha value is -2.53. The van der Waals surface area contributed by atoms with Crippen molar-refractivity contribution in [2.75, 3.05) is 11.9 Å². The van der Waals surface area contributed by atoms with Gasteiger partial charge >= 0.3 is 0 Å². The monoisotopic (exact) mass is 366 g/mol. The van der Waals surface area contributed by atoms with E-state index in [-0.39, 0.29) is 5.82 Å². The molecule has 0 atom stereocenters. The number of halogens is 1. The van der Waals surface area contributed by atoms with E-state index >= 15 is 0 Å². The Bertz CT molecular complexity index is 892. The van der Waals surface area contributed by atoms with Crippen LogP contribution in [0.3, 0.4) is 0 Å². The van der Waals surface area contributed by atoms with Crippen molar-refractivity contribution in [1.29, 1.82) is 0 Å². The summed E-state index contributed by atoms with van der Waals surface area (Å²) in [6.45, 7) is 8.67. The number of hydrogen-bond donors (Lipinski definition) is 1. The number of nitrogens with one attached hydrogen (secondary N) is 1. The van der Waals surface area contributed by atoms with Gasteiger partial charge < -0.3 is 5.32 Å². The molecule has 1 N–H and O–H groups in total. The number of anilines is 2. The van der Waals surface area contributed by atoms with Crippen LogP contribution in [0.2, 0.25) is 0 Å². The van der Waals surface area contributed by atoms with E-state index < -0.39 is 0 Å². The third kappa shape index (κ3) is 4.61. The minimum Gasteiger partial charge on any atom is -0.340 e. The van der Waals surface area contributed by atoms with Crippen molar-refractivity contribution in [2.24, 2.45) is 0 Å². The average molecular weight is 366 g/mol. The molecular formula is C22H27FN4. The fourth-order valence-electron chi connectivity index (χ4n) is 3.55. The molecule has 2 aromatic carbocycles. The molecule has 5 heteroatoms. The molecule has 0 aliphatic carbocycles. The van der Waals surface area contributed by atoms with E-state index in [2.05, 4.69) is 59.2 Å². The summed E-state index contributed by atoms with van der Waals surface area (Å²) in [4.78, 5) is 11.0. The minimum absolute atomic E-state index is 0.296. The molecule has 0 saturated heterocycles. The van der Waals surface area contributed by atoms with Gasteiger partial charge in [-0.2, -0.15) is 0 Å². The number of rotatable bonds is 8. The van der Waals surface area contributed by atoms with Gasteiger partial charge in [0, 0.05) is 29.7 Å². The van der Waals surface area contributed by atoms with Crippen LogP contribution in [0.5, 0.6) is 0 Å². The maximum atomic E-state index is 13.4. The molecule has 142 valence electrons. The highest BCUT2D eigenvalue weighted by atomic mass is 19.1. The van der Waals surface area contributed by atoms with Crippen molar-refractivity contribution in [3.63, 3.8) is 0 Å². The minimum atomic E-state index is -0.296. The molecule has 0 aliphatic rings. The van der Waals surface area contributed by atoms with Crippen molar-refractivity contribution < 1.29 is 4.39 Å². The van der Waals surface area contributed by atoms with Crippen LogP contribution < -0.4 is 5.32 Å². The summed E-state index contributed by atoms with van der Waals surface area (Å²) in [6.07, 6.45) is 3.78. The predicted octanol–water partition coefficient (Wildman–Crippen LogP) is 5.52. The second-order valence-electron chi connectivity index (χ2n) is 6.74. The molecule has 3 aromatic rings. The second-order valence-corrected chi connectivity index (χ2v) is 6.74. The van der Waals surface area contributed by atoms with Crippen LogP contribution >= 0.6 is 0 Å². The fourth-order valence-corrected chi connectivity index (χ4v) is 3.55. The molecule has 0 saturated carbocycles. The molecule has 0 radical (unpaired) electrons.